The van der Waals surface area contributed by atoms with Crippen molar-refractivity contribution in [2.75, 3.05) is 13.2 Å². The van der Waals surface area contributed by atoms with E-state index >= 15 is 0 Å². The molecule has 1 unspecified atom stereocenters. The first-order valence-electron chi connectivity index (χ1n) is 23.3. The SMILES string of the molecule is CC/C=C\C/C=C\C/C=C\C/C=C\C/C=C\CCCCCCCCCC(=O)OCC(COC(=O)CCCCCCCCC)OC(=O)CCCCCCCCCC. The van der Waals surface area contributed by atoms with E-state index in [2.05, 4.69) is 81.5 Å². The van der Waals surface area contributed by atoms with Crippen LogP contribution in [0.4, 0.5) is 0 Å². The van der Waals surface area contributed by atoms with E-state index in [1.54, 1.807) is 0 Å². The van der Waals surface area contributed by atoms with Gasteiger partial charge in [-0.25, -0.2) is 0 Å². The monoisotopic (exact) mass is 783 g/mol. The maximum atomic E-state index is 12.6. The number of esters is 3. The Balaban J connectivity index is 4.17. The molecule has 0 N–H and O–H groups in total. The normalized spacial score (nSPS) is 12.6. The minimum absolute atomic E-state index is 0.0765. The number of hydrogen-bond donors (Lipinski definition) is 0. The maximum Gasteiger partial charge on any atom is 0.306 e. The molecule has 0 spiro atoms. The second-order valence-electron chi connectivity index (χ2n) is 15.3. The standard InChI is InChI=1S/C50H86O6/c1-4-7-10-13-16-18-19-20-21-22-23-24-25-26-27-28-29-30-31-32-35-37-40-43-49(52)55-46-47(45-54-48(51)42-39-36-33-15-12-9-6-3)56-50(53)44-41-38-34-17-14-11-8-5-2/h7,10,16,18,20-21,23-24,26-27,47H,4-6,8-9,11-15,17,19,22,25,28-46H2,1-3H3/b10-7-,18-16-,21-20-,24-23-,27-26-. The molecule has 0 bridgehead atoms. The summed E-state index contributed by atoms with van der Waals surface area (Å²) in [6, 6.07) is 0. The fourth-order valence-electron chi connectivity index (χ4n) is 6.29. The van der Waals surface area contributed by atoms with Gasteiger partial charge in [-0.1, -0.05) is 197 Å². The number of ether oxygens (including phenoxy) is 3. The number of hydrogen-bond acceptors (Lipinski definition) is 6. The second-order valence-corrected chi connectivity index (χ2v) is 15.3. The van der Waals surface area contributed by atoms with Gasteiger partial charge in [-0.3, -0.25) is 14.4 Å². The average Bonchev–Trinajstić information content (AvgIpc) is 3.19. The lowest BCUT2D eigenvalue weighted by Gasteiger charge is -2.18. The van der Waals surface area contributed by atoms with Crippen LogP contribution in [0.3, 0.4) is 0 Å². The molecule has 0 amide bonds. The molecule has 0 saturated carbocycles. The van der Waals surface area contributed by atoms with Crippen molar-refractivity contribution in [1.82, 2.24) is 0 Å². The molecule has 0 aliphatic rings. The van der Waals surface area contributed by atoms with Crippen LogP contribution in [-0.2, 0) is 28.6 Å². The highest BCUT2D eigenvalue weighted by Gasteiger charge is 2.19. The van der Waals surface area contributed by atoms with Crippen LogP contribution >= 0.6 is 0 Å². The highest BCUT2D eigenvalue weighted by molar-refractivity contribution is 5.71. The van der Waals surface area contributed by atoms with E-state index in [1.807, 2.05) is 0 Å². The molecule has 0 aromatic heterocycles. The molecule has 0 fully saturated rings. The summed E-state index contributed by atoms with van der Waals surface area (Å²) in [5.74, 6) is -0.901. The molecule has 6 heteroatoms. The van der Waals surface area contributed by atoms with E-state index in [0.717, 1.165) is 96.3 Å². The van der Waals surface area contributed by atoms with Crippen LogP contribution in [0.5, 0.6) is 0 Å². The number of rotatable bonds is 41. The first-order chi connectivity index (χ1) is 27.5. The van der Waals surface area contributed by atoms with E-state index in [4.69, 9.17) is 14.2 Å². The van der Waals surface area contributed by atoms with Crippen molar-refractivity contribution in [3.63, 3.8) is 0 Å². The predicted molar refractivity (Wildman–Crippen MR) is 238 cm³/mol. The minimum Gasteiger partial charge on any atom is -0.462 e. The Morgan fingerprint density at radius 3 is 1.09 bits per heavy atom. The zero-order chi connectivity index (χ0) is 40.8. The fraction of sp³-hybridized carbons (Fsp3) is 0.740. The van der Waals surface area contributed by atoms with Crippen molar-refractivity contribution in [3.8, 4) is 0 Å². The molecule has 322 valence electrons. The van der Waals surface area contributed by atoms with Crippen LogP contribution in [0, 0.1) is 0 Å². The predicted octanol–water partition coefficient (Wildman–Crippen LogP) is 14.9. The maximum absolute atomic E-state index is 12.6. The summed E-state index contributed by atoms with van der Waals surface area (Å²) < 4.78 is 16.6. The van der Waals surface area contributed by atoms with Crippen LogP contribution in [0.2, 0.25) is 0 Å². The molecule has 0 rings (SSSR count). The van der Waals surface area contributed by atoms with Crippen molar-refractivity contribution in [3.05, 3.63) is 60.8 Å². The molecular weight excluding hydrogens is 697 g/mol. The molecule has 0 aromatic carbocycles. The van der Waals surface area contributed by atoms with Crippen LogP contribution in [-0.4, -0.2) is 37.2 Å². The molecule has 0 aliphatic carbocycles. The van der Waals surface area contributed by atoms with E-state index in [0.29, 0.717) is 19.3 Å². The van der Waals surface area contributed by atoms with Crippen molar-refractivity contribution >= 4 is 17.9 Å². The third-order valence-corrected chi connectivity index (χ3v) is 9.79. The van der Waals surface area contributed by atoms with Gasteiger partial charge in [-0.05, 0) is 64.2 Å². The van der Waals surface area contributed by atoms with Gasteiger partial charge in [0.25, 0.3) is 0 Å². The molecular formula is C50H86O6. The Morgan fingerprint density at radius 2 is 0.696 bits per heavy atom. The van der Waals surface area contributed by atoms with Gasteiger partial charge in [0.1, 0.15) is 13.2 Å². The summed E-state index contributed by atoms with van der Waals surface area (Å²) in [4.78, 5) is 37.5. The lowest BCUT2D eigenvalue weighted by Crippen LogP contribution is -2.30. The zero-order valence-corrected chi connectivity index (χ0v) is 36.6. The van der Waals surface area contributed by atoms with Crippen LogP contribution in [0.25, 0.3) is 0 Å². The summed E-state index contributed by atoms with van der Waals surface area (Å²) in [7, 11) is 0. The minimum atomic E-state index is -0.770. The molecule has 1 atom stereocenters. The molecule has 0 saturated heterocycles. The van der Waals surface area contributed by atoms with Crippen LogP contribution in [0.1, 0.15) is 220 Å². The van der Waals surface area contributed by atoms with Gasteiger partial charge in [0.15, 0.2) is 6.10 Å². The lowest BCUT2D eigenvalue weighted by atomic mass is 10.1. The average molecular weight is 783 g/mol. The van der Waals surface area contributed by atoms with Gasteiger partial charge in [0.05, 0.1) is 0 Å². The fourth-order valence-corrected chi connectivity index (χ4v) is 6.29. The topological polar surface area (TPSA) is 78.9 Å². The van der Waals surface area contributed by atoms with Crippen molar-refractivity contribution in [2.24, 2.45) is 0 Å². The van der Waals surface area contributed by atoms with Gasteiger partial charge in [0, 0.05) is 19.3 Å². The summed E-state index contributed by atoms with van der Waals surface area (Å²) >= 11 is 0. The third kappa shape index (κ3) is 42.3. The summed E-state index contributed by atoms with van der Waals surface area (Å²) in [6.07, 6.45) is 53.7. The first-order valence-corrected chi connectivity index (χ1v) is 23.3. The Bertz CT molecular complexity index is 1040. The first kappa shape index (κ1) is 53.1. The Morgan fingerprint density at radius 1 is 0.375 bits per heavy atom. The van der Waals surface area contributed by atoms with E-state index in [-0.39, 0.29) is 31.1 Å². The van der Waals surface area contributed by atoms with E-state index in [1.165, 1.54) is 83.5 Å². The molecule has 0 heterocycles. The highest BCUT2D eigenvalue weighted by atomic mass is 16.6. The zero-order valence-electron chi connectivity index (χ0n) is 36.6. The van der Waals surface area contributed by atoms with Crippen molar-refractivity contribution in [2.45, 2.75) is 226 Å². The summed E-state index contributed by atoms with van der Waals surface area (Å²) in [5, 5.41) is 0. The van der Waals surface area contributed by atoms with E-state index in [9.17, 15) is 14.4 Å². The van der Waals surface area contributed by atoms with E-state index < -0.39 is 6.10 Å². The number of carbonyl (C=O) groups excluding carboxylic acids is 3. The largest absolute Gasteiger partial charge is 0.462 e. The molecule has 0 radical (unpaired) electrons. The van der Waals surface area contributed by atoms with Gasteiger partial charge >= 0.3 is 17.9 Å². The highest BCUT2D eigenvalue weighted by Crippen LogP contribution is 2.14. The number of carbonyl (C=O) groups is 3. The summed E-state index contributed by atoms with van der Waals surface area (Å²) in [5.41, 5.74) is 0. The second kappa shape index (κ2) is 44.8. The Labute approximate surface area is 345 Å². The van der Waals surface area contributed by atoms with Gasteiger partial charge in [-0.2, -0.15) is 0 Å². The van der Waals surface area contributed by atoms with Gasteiger partial charge in [-0.15, -0.1) is 0 Å². The smallest absolute Gasteiger partial charge is 0.306 e. The molecule has 6 nitrogen and oxygen atoms in total. The van der Waals surface area contributed by atoms with Gasteiger partial charge in [0.2, 0.25) is 0 Å². The number of unbranched alkanes of at least 4 members (excludes halogenated alkanes) is 20. The molecule has 0 aliphatic heterocycles. The Kier molecular flexibility index (Phi) is 42.5. The summed E-state index contributed by atoms with van der Waals surface area (Å²) in [6.45, 7) is 6.43. The quantitative estimate of drug-likeness (QED) is 0.0266. The van der Waals surface area contributed by atoms with Crippen LogP contribution in [0.15, 0.2) is 60.8 Å². The van der Waals surface area contributed by atoms with Crippen molar-refractivity contribution in [1.29, 1.82) is 0 Å². The number of allylic oxidation sites excluding steroid dienone is 10. The van der Waals surface area contributed by atoms with Gasteiger partial charge < -0.3 is 14.2 Å². The van der Waals surface area contributed by atoms with Crippen LogP contribution < -0.4 is 0 Å². The molecule has 0 aromatic rings. The Hall–Kier alpha value is -2.89. The molecule has 56 heavy (non-hydrogen) atoms. The van der Waals surface area contributed by atoms with Crippen molar-refractivity contribution < 1.29 is 28.6 Å². The lowest BCUT2D eigenvalue weighted by molar-refractivity contribution is -0.167. The third-order valence-electron chi connectivity index (χ3n) is 9.79.